The van der Waals surface area contributed by atoms with Gasteiger partial charge in [0.05, 0.1) is 36.3 Å². The molecule has 25 heavy (non-hydrogen) atoms. The van der Waals surface area contributed by atoms with Crippen molar-refractivity contribution in [2.45, 2.75) is 19.9 Å². The second kappa shape index (κ2) is 6.72. The van der Waals surface area contributed by atoms with Gasteiger partial charge in [0.2, 0.25) is 5.88 Å². The molecule has 0 atom stereocenters. The number of nitrogens with zero attached hydrogens (tertiary/aromatic N) is 3. The van der Waals surface area contributed by atoms with E-state index in [1.165, 1.54) is 13.3 Å². The van der Waals surface area contributed by atoms with Crippen LogP contribution in [0.5, 0.6) is 5.88 Å². The SMILES string of the molecule is COc1ccc(NC(=O)C(=O)c2cn(C(C)C)c3cnccc23)cn1. The number of ether oxygens (including phenoxy) is 1. The first-order valence-corrected chi connectivity index (χ1v) is 7.81. The molecular weight excluding hydrogens is 320 g/mol. The Morgan fingerprint density at radius 2 is 2.00 bits per heavy atom. The van der Waals surface area contributed by atoms with Crippen molar-refractivity contribution in [3.05, 3.63) is 48.5 Å². The molecule has 3 heterocycles. The van der Waals surface area contributed by atoms with Gasteiger partial charge in [0.15, 0.2) is 0 Å². The van der Waals surface area contributed by atoms with Gasteiger partial charge in [-0.3, -0.25) is 14.6 Å². The van der Waals surface area contributed by atoms with Crippen LogP contribution in [0, 0.1) is 0 Å². The van der Waals surface area contributed by atoms with Crippen molar-refractivity contribution in [2.24, 2.45) is 0 Å². The number of ketones is 1. The summed E-state index contributed by atoms with van der Waals surface area (Å²) in [6.45, 7) is 4.01. The van der Waals surface area contributed by atoms with E-state index in [1.807, 2.05) is 18.4 Å². The van der Waals surface area contributed by atoms with E-state index in [2.05, 4.69) is 15.3 Å². The largest absolute Gasteiger partial charge is 0.481 e. The maximum Gasteiger partial charge on any atom is 0.296 e. The second-order valence-corrected chi connectivity index (χ2v) is 5.81. The van der Waals surface area contributed by atoms with Crippen LogP contribution >= 0.6 is 0 Å². The molecule has 3 rings (SSSR count). The molecule has 3 aromatic heterocycles. The Labute approximate surface area is 144 Å². The number of carbonyl (C=O) groups is 2. The lowest BCUT2D eigenvalue weighted by Crippen LogP contribution is -2.22. The first-order valence-electron chi connectivity index (χ1n) is 7.81. The number of nitrogens with one attached hydrogen (secondary N) is 1. The van der Waals surface area contributed by atoms with Crippen LogP contribution < -0.4 is 10.1 Å². The molecule has 0 aromatic carbocycles. The minimum absolute atomic E-state index is 0.141. The van der Waals surface area contributed by atoms with Crippen molar-refractivity contribution in [2.75, 3.05) is 12.4 Å². The van der Waals surface area contributed by atoms with Crippen molar-refractivity contribution < 1.29 is 14.3 Å². The summed E-state index contributed by atoms with van der Waals surface area (Å²) < 4.78 is 6.89. The van der Waals surface area contributed by atoms with Crippen molar-refractivity contribution in [3.8, 4) is 5.88 Å². The number of fused-ring (bicyclic) bond motifs is 1. The monoisotopic (exact) mass is 338 g/mol. The number of rotatable bonds is 5. The number of aromatic nitrogens is 3. The van der Waals surface area contributed by atoms with Crippen molar-refractivity contribution in [3.63, 3.8) is 0 Å². The summed E-state index contributed by atoms with van der Waals surface area (Å²) in [5.41, 5.74) is 1.60. The zero-order chi connectivity index (χ0) is 18.0. The maximum absolute atomic E-state index is 12.6. The van der Waals surface area contributed by atoms with Gasteiger partial charge in [-0.1, -0.05) is 0 Å². The van der Waals surface area contributed by atoms with E-state index >= 15 is 0 Å². The van der Waals surface area contributed by atoms with E-state index in [4.69, 9.17) is 4.74 Å². The molecule has 1 N–H and O–H groups in total. The van der Waals surface area contributed by atoms with Crippen LogP contribution in [-0.4, -0.2) is 33.3 Å². The fraction of sp³-hybridized carbons (Fsp3) is 0.222. The van der Waals surface area contributed by atoms with Crippen LogP contribution in [-0.2, 0) is 4.79 Å². The molecular formula is C18H18N4O3. The number of carbonyl (C=O) groups excluding carboxylic acids is 2. The summed E-state index contributed by atoms with van der Waals surface area (Å²) >= 11 is 0. The summed E-state index contributed by atoms with van der Waals surface area (Å²) in [5.74, 6) is -0.894. The number of methoxy groups -OCH3 is 1. The molecule has 7 nitrogen and oxygen atoms in total. The Hall–Kier alpha value is -3.22. The minimum atomic E-state index is -0.716. The third-order valence-corrected chi connectivity index (χ3v) is 3.85. The van der Waals surface area contributed by atoms with Crippen LogP contribution in [0.25, 0.3) is 10.9 Å². The summed E-state index contributed by atoms with van der Waals surface area (Å²) in [6, 6.07) is 5.11. The van der Waals surface area contributed by atoms with Crippen molar-refractivity contribution in [1.82, 2.24) is 14.5 Å². The zero-order valence-corrected chi connectivity index (χ0v) is 14.2. The molecule has 0 radical (unpaired) electrons. The fourth-order valence-electron chi connectivity index (χ4n) is 2.59. The lowest BCUT2D eigenvalue weighted by molar-refractivity contribution is -0.112. The summed E-state index contributed by atoms with van der Waals surface area (Å²) in [6.07, 6.45) is 6.43. The summed E-state index contributed by atoms with van der Waals surface area (Å²) in [5, 5.41) is 3.27. The molecule has 3 aromatic rings. The third kappa shape index (κ3) is 3.21. The number of anilines is 1. The highest BCUT2D eigenvalue weighted by Crippen LogP contribution is 2.24. The lowest BCUT2D eigenvalue weighted by Gasteiger charge is -2.07. The van der Waals surface area contributed by atoms with Crippen LogP contribution in [0.2, 0.25) is 0 Å². The number of hydrogen-bond acceptors (Lipinski definition) is 5. The van der Waals surface area contributed by atoms with E-state index in [1.54, 1.807) is 36.8 Å². The topological polar surface area (TPSA) is 86.1 Å². The molecule has 0 fully saturated rings. The van der Waals surface area contributed by atoms with Gasteiger partial charge in [0, 0.05) is 29.9 Å². The molecule has 0 bridgehead atoms. The number of hydrogen-bond donors (Lipinski definition) is 1. The quantitative estimate of drug-likeness (QED) is 0.571. The Morgan fingerprint density at radius 1 is 1.20 bits per heavy atom. The molecule has 7 heteroatoms. The average Bonchev–Trinajstić information content (AvgIpc) is 3.01. The normalized spacial score (nSPS) is 10.9. The highest BCUT2D eigenvalue weighted by Gasteiger charge is 2.22. The predicted octanol–water partition coefficient (Wildman–Crippen LogP) is 2.84. The molecule has 0 unspecified atom stereocenters. The molecule has 0 saturated carbocycles. The van der Waals surface area contributed by atoms with Gasteiger partial charge >= 0.3 is 0 Å². The Kier molecular flexibility index (Phi) is 4.47. The molecule has 0 spiro atoms. The molecule has 0 aliphatic carbocycles. The van der Waals surface area contributed by atoms with Crippen LogP contribution in [0.1, 0.15) is 30.2 Å². The van der Waals surface area contributed by atoms with Crippen LogP contribution in [0.15, 0.2) is 43.0 Å². The van der Waals surface area contributed by atoms with Crippen molar-refractivity contribution >= 4 is 28.3 Å². The smallest absolute Gasteiger partial charge is 0.296 e. The van der Waals surface area contributed by atoms with Crippen molar-refractivity contribution in [1.29, 1.82) is 0 Å². The molecule has 128 valence electrons. The Balaban J connectivity index is 1.89. The number of amides is 1. The second-order valence-electron chi connectivity index (χ2n) is 5.81. The zero-order valence-electron chi connectivity index (χ0n) is 14.2. The summed E-state index contributed by atoms with van der Waals surface area (Å²) in [7, 11) is 1.50. The summed E-state index contributed by atoms with van der Waals surface area (Å²) in [4.78, 5) is 33.1. The Morgan fingerprint density at radius 3 is 2.64 bits per heavy atom. The standard InChI is InChI=1S/C18H18N4O3/c1-11(2)22-10-14(13-6-7-19-9-15(13)22)17(23)18(24)21-12-4-5-16(25-3)20-8-12/h4-11H,1-3H3,(H,21,24). The molecule has 1 amide bonds. The van der Waals surface area contributed by atoms with E-state index in [9.17, 15) is 9.59 Å². The van der Waals surface area contributed by atoms with E-state index in [-0.39, 0.29) is 6.04 Å². The van der Waals surface area contributed by atoms with E-state index in [0.717, 1.165) is 5.52 Å². The van der Waals surface area contributed by atoms with Gasteiger partial charge in [-0.05, 0) is 26.0 Å². The minimum Gasteiger partial charge on any atom is -0.481 e. The van der Waals surface area contributed by atoms with Gasteiger partial charge in [-0.25, -0.2) is 4.98 Å². The van der Waals surface area contributed by atoms with Gasteiger partial charge in [-0.15, -0.1) is 0 Å². The maximum atomic E-state index is 12.6. The van der Waals surface area contributed by atoms with Gasteiger partial charge in [0.1, 0.15) is 0 Å². The Bertz CT molecular complexity index is 929. The number of Topliss-reactive ketones (excluding diaryl/α,β-unsaturated/α-hetero) is 1. The lowest BCUT2D eigenvalue weighted by atomic mass is 10.1. The third-order valence-electron chi connectivity index (χ3n) is 3.85. The van der Waals surface area contributed by atoms with E-state index in [0.29, 0.717) is 22.5 Å². The average molecular weight is 338 g/mol. The predicted molar refractivity (Wildman–Crippen MR) is 93.9 cm³/mol. The number of pyridine rings is 2. The van der Waals surface area contributed by atoms with Gasteiger partial charge < -0.3 is 14.6 Å². The molecule has 0 aliphatic rings. The fourth-order valence-corrected chi connectivity index (χ4v) is 2.59. The highest BCUT2D eigenvalue weighted by atomic mass is 16.5. The molecule has 0 saturated heterocycles. The van der Waals surface area contributed by atoms with Crippen LogP contribution in [0.4, 0.5) is 5.69 Å². The highest BCUT2D eigenvalue weighted by molar-refractivity contribution is 6.48. The molecule has 0 aliphatic heterocycles. The van der Waals surface area contributed by atoms with Gasteiger partial charge in [-0.2, -0.15) is 0 Å². The first kappa shape index (κ1) is 16.6. The van der Waals surface area contributed by atoms with E-state index < -0.39 is 11.7 Å². The first-order chi connectivity index (χ1) is 12.0. The van der Waals surface area contributed by atoms with Gasteiger partial charge in [0.25, 0.3) is 11.7 Å². The van der Waals surface area contributed by atoms with Crippen LogP contribution in [0.3, 0.4) is 0 Å².